The molecule has 0 bridgehead atoms. The Morgan fingerprint density at radius 2 is 2.14 bits per heavy atom. The number of benzene rings is 1. The smallest absolute Gasteiger partial charge is 0.138 e. The Balaban J connectivity index is 1.94. The van der Waals surface area contributed by atoms with Crippen LogP contribution in [0.1, 0.15) is 52.9 Å². The normalized spacial score (nSPS) is 22.3. The summed E-state index contributed by atoms with van der Waals surface area (Å²) in [5.41, 5.74) is 1.11. The summed E-state index contributed by atoms with van der Waals surface area (Å²) in [5, 5.41) is 4.35. The van der Waals surface area contributed by atoms with Gasteiger partial charge in [0.2, 0.25) is 0 Å². The van der Waals surface area contributed by atoms with Gasteiger partial charge in [0.05, 0.1) is 11.6 Å². The largest absolute Gasteiger partial charge is 0.492 e. The van der Waals surface area contributed by atoms with Crippen molar-refractivity contribution >= 4 is 17.3 Å². The first-order valence-corrected chi connectivity index (χ1v) is 8.66. The van der Waals surface area contributed by atoms with Crippen LogP contribution in [-0.2, 0) is 0 Å². The van der Waals surface area contributed by atoms with Gasteiger partial charge in [-0.05, 0) is 49.3 Å². The molecule has 0 amide bonds. The number of nitrogens with one attached hydrogen (secondary N) is 1. The molecule has 0 aliphatic heterocycles. The summed E-state index contributed by atoms with van der Waals surface area (Å²) < 4.78 is 5.62. The molecule has 2 nitrogen and oxygen atoms in total. The first-order chi connectivity index (χ1) is 10.1. The van der Waals surface area contributed by atoms with Crippen LogP contribution in [0, 0.1) is 11.8 Å². The predicted molar refractivity (Wildman–Crippen MR) is 91.4 cm³/mol. The minimum atomic E-state index is 0.574. The highest BCUT2D eigenvalue weighted by atomic mass is 35.5. The summed E-state index contributed by atoms with van der Waals surface area (Å²) in [4.78, 5) is 0. The van der Waals surface area contributed by atoms with Gasteiger partial charge in [0, 0.05) is 11.7 Å². The van der Waals surface area contributed by atoms with E-state index in [9.17, 15) is 0 Å². The molecule has 0 heterocycles. The van der Waals surface area contributed by atoms with Gasteiger partial charge in [-0.15, -0.1) is 0 Å². The van der Waals surface area contributed by atoms with Gasteiger partial charge in [-0.2, -0.15) is 0 Å². The molecule has 1 aliphatic carbocycles. The Hall–Kier alpha value is -0.890. The van der Waals surface area contributed by atoms with E-state index in [2.05, 4.69) is 32.2 Å². The van der Waals surface area contributed by atoms with Gasteiger partial charge in [0.1, 0.15) is 5.75 Å². The lowest BCUT2D eigenvalue weighted by Crippen LogP contribution is -2.29. The van der Waals surface area contributed by atoms with Crippen molar-refractivity contribution in [2.45, 2.75) is 58.9 Å². The molecule has 21 heavy (non-hydrogen) atoms. The van der Waals surface area contributed by atoms with Crippen molar-refractivity contribution in [3.8, 4) is 5.75 Å². The lowest BCUT2D eigenvalue weighted by Gasteiger charge is -2.32. The van der Waals surface area contributed by atoms with Gasteiger partial charge in [-0.3, -0.25) is 0 Å². The van der Waals surface area contributed by atoms with Crippen molar-refractivity contribution in [3.05, 3.63) is 23.2 Å². The van der Waals surface area contributed by atoms with E-state index in [-0.39, 0.29) is 0 Å². The molecule has 0 aromatic heterocycles. The second kappa shape index (κ2) is 7.93. The molecular weight excluding hydrogens is 282 g/mol. The number of rotatable bonds is 6. The summed E-state index contributed by atoms with van der Waals surface area (Å²) in [6.07, 6.45) is 6.22. The van der Waals surface area contributed by atoms with E-state index in [0.29, 0.717) is 17.7 Å². The zero-order chi connectivity index (χ0) is 15.2. The molecule has 1 fully saturated rings. The number of ether oxygens (including phenoxy) is 1. The van der Waals surface area contributed by atoms with E-state index in [1.54, 1.807) is 0 Å². The minimum absolute atomic E-state index is 0.574. The molecule has 0 spiro atoms. The standard InChI is InChI=1S/C18H28ClNO/c1-4-10-21-18-9-8-16(12-17(18)19)20-15-7-5-6-14(11-15)13(2)3/h8-9,12-15,20H,4-7,10-11H2,1-3H3. The van der Waals surface area contributed by atoms with Gasteiger partial charge in [-0.1, -0.05) is 45.2 Å². The second-order valence-electron chi connectivity index (χ2n) is 6.51. The van der Waals surface area contributed by atoms with E-state index in [4.69, 9.17) is 16.3 Å². The SMILES string of the molecule is CCCOc1ccc(NC2CCCC(C(C)C)C2)cc1Cl. The molecule has 0 radical (unpaired) electrons. The van der Waals surface area contributed by atoms with Crippen molar-refractivity contribution in [2.24, 2.45) is 11.8 Å². The van der Waals surface area contributed by atoms with Crippen LogP contribution in [0.15, 0.2) is 18.2 Å². The van der Waals surface area contributed by atoms with Crippen molar-refractivity contribution in [2.75, 3.05) is 11.9 Å². The molecule has 118 valence electrons. The van der Waals surface area contributed by atoms with E-state index in [1.807, 2.05) is 12.1 Å². The summed E-state index contributed by atoms with van der Waals surface area (Å²) in [6.45, 7) is 7.48. The van der Waals surface area contributed by atoms with Gasteiger partial charge in [0.15, 0.2) is 0 Å². The Labute approximate surface area is 134 Å². The Morgan fingerprint density at radius 3 is 2.81 bits per heavy atom. The highest BCUT2D eigenvalue weighted by molar-refractivity contribution is 6.32. The molecule has 1 aromatic rings. The molecule has 2 rings (SSSR count). The molecule has 1 aliphatic rings. The Morgan fingerprint density at radius 1 is 1.33 bits per heavy atom. The lowest BCUT2D eigenvalue weighted by atomic mass is 9.79. The topological polar surface area (TPSA) is 21.3 Å². The predicted octanol–water partition coefficient (Wildman–Crippen LogP) is 5.76. The van der Waals surface area contributed by atoms with E-state index >= 15 is 0 Å². The summed E-state index contributed by atoms with van der Waals surface area (Å²) >= 11 is 6.30. The minimum Gasteiger partial charge on any atom is -0.492 e. The quantitative estimate of drug-likeness (QED) is 0.721. The molecule has 0 saturated heterocycles. The molecule has 1 N–H and O–H groups in total. The Bertz CT molecular complexity index is 447. The third-order valence-corrected chi connectivity index (χ3v) is 4.72. The molecule has 2 unspecified atom stereocenters. The number of hydrogen-bond donors (Lipinski definition) is 1. The van der Waals surface area contributed by atoms with Crippen molar-refractivity contribution < 1.29 is 4.74 Å². The first-order valence-electron chi connectivity index (χ1n) is 8.29. The van der Waals surface area contributed by atoms with Crippen LogP contribution < -0.4 is 10.1 Å². The maximum Gasteiger partial charge on any atom is 0.138 e. The summed E-state index contributed by atoms with van der Waals surface area (Å²) in [6, 6.07) is 6.62. The van der Waals surface area contributed by atoms with Crippen LogP contribution in [0.25, 0.3) is 0 Å². The van der Waals surface area contributed by atoms with Gasteiger partial charge >= 0.3 is 0 Å². The molecule has 3 heteroatoms. The van der Waals surface area contributed by atoms with Gasteiger partial charge < -0.3 is 10.1 Å². The number of halogens is 1. The van der Waals surface area contributed by atoms with E-state index in [1.165, 1.54) is 25.7 Å². The van der Waals surface area contributed by atoms with Crippen molar-refractivity contribution in [3.63, 3.8) is 0 Å². The second-order valence-corrected chi connectivity index (χ2v) is 6.91. The Kier molecular flexibility index (Phi) is 6.22. The average Bonchev–Trinajstić information content (AvgIpc) is 2.47. The fraction of sp³-hybridized carbons (Fsp3) is 0.667. The van der Waals surface area contributed by atoms with Crippen LogP contribution in [0.2, 0.25) is 5.02 Å². The third-order valence-electron chi connectivity index (χ3n) is 4.42. The van der Waals surface area contributed by atoms with E-state index < -0.39 is 0 Å². The van der Waals surface area contributed by atoms with Gasteiger partial charge in [-0.25, -0.2) is 0 Å². The number of anilines is 1. The van der Waals surface area contributed by atoms with E-state index in [0.717, 1.165) is 29.7 Å². The first kappa shape index (κ1) is 16.5. The van der Waals surface area contributed by atoms with Crippen LogP contribution >= 0.6 is 11.6 Å². The fourth-order valence-corrected chi connectivity index (χ4v) is 3.35. The average molecular weight is 310 g/mol. The summed E-state index contributed by atoms with van der Waals surface area (Å²) in [7, 11) is 0. The van der Waals surface area contributed by atoms with Crippen molar-refractivity contribution in [1.82, 2.24) is 0 Å². The fourth-order valence-electron chi connectivity index (χ4n) is 3.12. The molecule has 2 atom stereocenters. The van der Waals surface area contributed by atoms with Crippen LogP contribution in [0.5, 0.6) is 5.75 Å². The molecule has 1 aromatic carbocycles. The maximum absolute atomic E-state index is 6.30. The zero-order valence-electron chi connectivity index (χ0n) is 13.5. The molecule has 1 saturated carbocycles. The van der Waals surface area contributed by atoms with Crippen LogP contribution in [0.4, 0.5) is 5.69 Å². The maximum atomic E-state index is 6.30. The highest BCUT2D eigenvalue weighted by Gasteiger charge is 2.24. The number of hydrogen-bond acceptors (Lipinski definition) is 2. The monoisotopic (exact) mass is 309 g/mol. The lowest BCUT2D eigenvalue weighted by molar-refractivity contribution is 0.264. The highest BCUT2D eigenvalue weighted by Crippen LogP contribution is 2.33. The third kappa shape index (κ3) is 4.81. The van der Waals surface area contributed by atoms with Crippen LogP contribution in [-0.4, -0.2) is 12.6 Å². The van der Waals surface area contributed by atoms with Gasteiger partial charge in [0.25, 0.3) is 0 Å². The molecular formula is C18H28ClNO. The van der Waals surface area contributed by atoms with Crippen molar-refractivity contribution in [1.29, 1.82) is 0 Å². The van der Waals surface area contributed by atoms with Crippen LogP contribution in [0.3, 0.4) is 0 Å². The summed E-state index contributed by atoms with van der Waals surface area (Å²) in [5.74, 6) is 2.41. The zero-order valence-corrected chi connectivity index (χ0v) is 14.2.